The quantitative estimate of drug-likeness (QED) is 0.697. The third-order valence-electron chi connectivity index (χ3n) is 5.19. The summed E-state index contributed by atoms with van der Waals surface area (Å²) in [7, 11) is -1.35. The van der Waals surface area contributed by atoms with Crippen molar-refractivity contribution in [2.24, 2.45) is 0 Å². The third kappa shape index (κ3) is 3.35. The van der Waals surface area contributed by atoms with Crippen LogP contribution in [0.15, 0.2) is 48.9 Å². The average molecular weight is 383 g/mol. The fourth-order valence-corrected chi connectivity index (χ4v) is 5.42. The van der Waals surface area contributed by atoms with Crippen LogP contribution in [0, 0.1) is 6.92 Å². The van der Waals surface area contributed by atoms with Gasteiger partial charge in [-0.15, -0.1) is 0 Å². The van der Waals surface area contributed by atoms with Crippen molar-refractivity contribution in [3.63, 3.8) is 0 Å². The van der Waals surface area contributed by atoms with E-state index in [0.717, 1.165) is 22.3 Å². The number of sulfone groups is 1. The molecule has 3 aromatic rings. The Kier molecular flexibility index (Phi) is 4.26. The molecule has 0 spiro atoms. The van der Waals surface area contributed by atoms with Crippen molar-refractivity contribution in [3.8, 4) is 11.1 Å². The van der Waals surface area contributed by atoms with E-state index < -0.39 is 9.84 Å². The summed E-state index contributed by atoms with van der Waals surface area (Å²) >= 11 is 0. The summed E-state index contributed by atoms with van der Waals surface area (Å²) < 4.78 is 25.4. The number of nitrogens with zero attached hydrogens (tertiary/aromatic N) is 3. The topological polar surface area (TPSA) is 71.8 Å². The molecule has 4 rings (SSSR count). The van der Waals surface area contributed by atoms with Gasteiger partial charge in [0.05, 0.1) is 11.5 Å². The molecule has 0 radical (unpaired) electrons. The second kappa shape index (κ2) is 6.49. The van der Waals surface area contributed by atoms with Crippen molar-refractivity contribution in [2.75, 3.05) is 18.6 Å². The summed E-state index contributed by atoms with van der Waals surface area (Å²) in [4.78, 5) is 18.8. The number of hydrogen-bond donors (Lipinski definition) is 0. The number of imidazole rings is 1. The number of carbonyl (C=O) groups excluding carboxylic acids is 1. The van der Waals surface area contributed by atoms with E-state index in [2.05, 4.69) is 11.1 Å². The summed E-state index contributed by atoms with van der Waals surface area (Å²) in [6, 6.07) is 9.26. The van der Waals surface area contributed by atoms with Gasteiger partial charge < -0.3 is 9.30 Å². The predicted molar refractivity (Wildman–Crippen MR) is 105 cm³/mol. The summed E-state index contributed by atoms with van der Waals surface area (Å²) in [5.74, 6) is 0.0460. The van der Waals surface area contributed by atoms with Crippen LogP contribution in [0.2, 0.25) is 0 Å². The Labute approximate surface area is 158 Å². The number of aromatic nitrogens is 2. The minimum Gasteiger partial charge on any atom is -0.338 e. The molecule has 7 heteroatoms. The monoisotopic (exact) mass is 383 g/mol. The van der Waals surface area contributed by atoms with Crippen molar-refractivity contribution in [1.82, 2.24) is 14.3 Å². The largest absolute Gasteiger partial charge is 0.338 e. The van der Waals surface area contributed by atoms with E-state index in [-0.39, 0.29) is 23.5 Å². The molecule has 1 aliphatic rings. The van der Waals surface area contributed by atoms with Gasteiger partial charge in [0.25, 0.3) is 5.91 Å². The highest BCUT2D eigenvalue weighted by molar-refractivity contribution is 7.91. The molecule has 1 aromatic carbocycles. The van der Waals surface area contributed by atoms with Crippen LogP contribution in [0.3, 0.4) is 0 Å². The van der Waals surface area contributed by atoms with E-state index in [9.17, 15) is 13.2 Å². The van der Waals surface area contributed by atoms with E-state index in [0.29, 0.717) is 12.0 Å². The van der Waals surface area contributed by atoms with Gasteiger partial charge in [-0.05, 0) is 48.2 Å². The highest BCUT2D eigenvalue weighted by Gasteiger charge is 2.33. The Morgan fingerprint density at radius 1 is 1.26 bits per heavy atom. The molecule has 0 N–H and O–H groups in total. The molecule has 0 unspecified atom stereocenters. The van der Waals surface area contributed by atoms with Crippen LogP contribution in [-0.2, 0) is 9.84 Å². The minimum atomic E-state index is -3.03. The first-order valence-corrected chi connectivity index (χ1v) is 10.7. The predicted octanol–water partition coefficient (Wildman–Crippen LogP) is 2.57. The molecule has 140 valence electrons. The van der Waals surface area contributed by atoms with Crippen molar-refractivity contribution in [2.45, 2.75) is 19.4 Å². The standard InChI is InChI=1S/C20H21N3O3S/c1-14-10-17(12-23-8-7-21-19(14)23)15-4-3-5-16(11-15)20(24)22(2)18-6-9-27(25,26)13-18/h3-5,7-8,10-12,18H,6,9,13H2,1-2H3/t18-/m0/s1. The van der Waals surface area contributed by atoms with Crippen molar-refractivity contribution < 1.29 is 13.2 Å². The Bertz CT molecular complexity index is 1130. The normalized spacial score (nSPS) is 18.7. The third-order valence-corrected chi connectivity index (χ3v) is 6.94. The van der Waals surface area contributed by atoms with Gasteiger partial charge in [0.15, 0.2) is 9.84 Å². The number of pyridine rings is 1. The molecule has 27 heavy (non-hydrogen) atoms. The average Bonchev–Trinajstić information content (AvgIpc) is 3.27. The van der Waals surface area contributed by atoms with E-state index in [1.807, 2.05) is 41.9 Å². The van der Waals surface area contributed by atoms with Gasteiger partial charge in [-0.3, -0.25) is 4.79 Å². The fourth-order valence-electron chi connectivity index (χ4n) is 3.65. The van der Waals surface area contributed by atoms with Gasteiger partial charge in [0, 0.05) is 37.2 Å². The zero-order valence-corrected chi connectivity index (χ0v) is 16.1. The van der Waals surface area contributed by atoms with Crippen molar-refractivity contribution in [3.05, 3.63) is 60.0 Å². The van der Waals surface area contributed by atoms with Crippen molar-refractivity contribution >= 4 is 21.4 Å². The summed E-state index contributed by atoms with van der Waals surface area (Å²) in [6.45, 7) is 2.01. The van der Waals surface area contributed by atoms with Gasteiger partial charge in [0.1, 0.15) is 5.65 Å². The van der Waals surface area contributed by atoms with E-state index in [4.69, 9.17) is 0 Å². The summed E-state index contributed by atoms with van der Waals surface area (Å²) in [5, 5.41) is 0. The van der Waals surface area contributed by atoms with Gasteiger partial charge in [-0.2, -0.15) is 0 Å². The zero-order chi connectivity index (χ0) is 19.2. The van der Waals surface area contributed by atoms with Crippen LogP contribution in [0.5, 0.6) is 0 Å². The first-order valence-electron chi connectivity index (χ1n) is 8.85. The lowest BCUT2D eigenvalue weighted by molar-refractivity contribution is 0.0747. The molecule has 0 aliphatic carbocycles. The van der Waals surface area contributed by atoms with Gasteiger partial charge >= 0.3 is 0 Å². The van der Waals surface area contributed by atoms with Crippen LogP contribution < -0.4 is 0 Å². The number of benzene rings is 1. The number of fused-ring (bicyclic) bond motifs is 1. The maximum atomic E-state index is 12.9. The maximum Gasteiger partial charge on any atom is 0.253 e. The first-order chi connectivity index (χ1) is 12.8. The van der Waals surface area contributed by atoms with Crippen molar-refractivity contribution in [1.29, 1.82) is 0 Å². The first kappa shape index (κ1) is 17.7. The van der Waals surface area contributed by atoms with Gasteiger partial charge in [-0.1, -0.05) is 12.1 Å². The summed E-state index contributed by atoms with van der Waals surface area (Å²) in [6.07, 6.45) is 6.15. The molecular formula is C20H21N3O3S. The Morgan fingerprint density at radius 2 is 2.07 bits per heavy atom. The molecule has 6 nitrogen and oxygen atoms in total. The second-order valence-corrected chi connectivity index (χ2v) is 9.35. The van der Waals surface area contributed by atoms with Gasteiger partial charge in [-0.25, -0.2) is 13.4 Å². The highest BCUT2D eigenvalue weighted by atomic mass is 32.2. The van der Waals surface area contributed by atoms with E-state index in [1.54, 1.807) is 24.2 Å². The lowest BCUT2D eigenvalue weighted by Crippen LogP contribution is -2.37. The molecule has 1 fully saturated rings. The zero-order valence-electron chi connectivity index (χ0n) is 15.3. The molecule has 1 atom stereocenters. The van der Waals surface area contributed by atoms with Crippen LogP contribution in [0.25, 0.3) is 16.8 Å². The molecule has 0 saturated carbocycles. The second-order valence-electron chi connectivity index (χ2n) is 7.12. The fraction of sp³-hybridized carbons (Fsp3) is 0.300. The molecule has 3 heterocycles. The number of rotatable bonds is 3. The molecule has 1 aliphatic heterocycles. The molecule has 1 saturated heterocycles. The molecular weight excluding hydrogens is 362 g/mol. The van der Waals surface area contributed by atoms with Crippen LogP contribution >= 0.6 is 0 Å². The van der Waals surface area contributed by atoms with Crippen LogP contribution in [0.4, 0.5) is 0 Å². The number of amides is 1. The molecule has 2 aromatic heterocycles. The van der Waals surface area contributed by atoms with E-state index >= 15 is 0 Å². The SMILES string of the molecule is Cc1cc(-c2cccc(C(=O)N(C)[C@H]3CCS(=O)(=O)C3)c2)cn2ccnc12. The lowest BCUT2D eigenvalue weighted by Gasteiger charge is -2.23. The smallest absolute Gasteiger partial charge is 0.253 e. The minimum absolute atomic E-state index is 0.0470. The molecule has 0 bridgehead atoms. The van der Waals surface area contributed by atoms with Gasteiger partial charge in [0.2, 0.25) is 0 Å². The Morgan fingerprint density at radius 3 is 2.81 bits per heavy atom. The highest BCUT2D eigenvalue weighted by Crippen LogP contribution is 2.25. The lowest BCUT2D eigenvalue weighted by atomic mass is 10.0. The number of hydrogen-bond acceptors (Lipinski definition) is 4. The number of carbonyl (C=O) groups is 1. The summed E-state index contributed by atoms with van der Waals surface area (Å²) in [5.41, 5.74) is 4.46. The molecule has 1 amide bonds. The van der Waals surface area contributed by atoms with Crippen LogP contribution in [-0.4, -0.2) is 53.2 Å². The Balaban J connectivity index is 1.64. The van der Waals surface area contributed by atoms with E-state index in [1.165, 1.54) is 0 Å². The maximum absolute atomic E-state index is 12.9. The Hall–Kier alpha value is -2.67. The number of aryl methyl sites for hydroxylation is 1. The van der Waals surface area contributed by atoms with Crippen LogP contribution in [0.1, 0.15) is 22.3 Å².